The summed E-state index contributed by atoms with van der Waals surface area (Å²) in [5.41, 5.74) is 1.66. The van der Waals surface area contributed by atoms with Crippen molar-refractivity contribution in [3.05, 3.63) is 42.7 Å². The second kappa shape index (κ2) is 10.7. The Bertz CT molecular complexity index is 1090. The predicted molar refractivity (Wildman–Crippen MR) is 130 cm³/mol. The van der Waals surface area contributed by atoms with Crippen molar-refractivity contribution in [2.24, 2.45) is 5.92 Å². The minimum Gasteiger partial charge on any atom is -0.487 e. The topological polar surface area (TPSA) is 112 Å². The van der Waals surface area contributed by atoms with Gasteiger partial charge in [0.25, 0.3) is 0 Å². The summed E-state index contributed by atoms with van der Waals surface area (Å²) in [6.45, 7) is 7.45. The number of aromatic nitrogens is 1. The van der Waals surface area contributed by atoms with Gasteiger partial charge in [-0.3, -0.25) is 4.98 Å². The molecule has 0 radical (unpaired) electrons. The number of sulfonamides is 1. The molecule has 1 aliphatic heterocycles. The molecule has 1 aliphatic rings. The number of nitrogens with one attached hydrogen (secondary N) is 1. The van der Waals surface area contributed by atoms with E-state index in [1.54, 1.807) is 49.5 Å². The van der Waals surface area contributed by atoms with Crippen molar-refractivity contribution in [3.63, 3.8) is 0 Å². The third-order valence-electron chi connectivity index (χ3n) is 5.89. The number of hydrogen-bond donors (Lipinski definition) is 2. The lowest BCUT2D eigenvalue weighted by molar-refractivity contribution is 0.0810. The van der Waals surface area contributed by atoms with Crippen LogP contribution in [0.4, 0.5) is 4.79 Å². The van der Waals surface area contributed by atoms with Crippen LogP contribution in [-0.4, -0.2) is 78.7 Å². The monoisotopic (exact) mass is 490 g/mol. The zero-order chi connectivity index (χ0) is 25.0. The van der Waals surface area contributed by atoms with E-state index in [9.17, 15) is 18.3 Å². The first-order chi connectivity index (χ1) is 16.0. The van der Waals surface area contributed by atoms with Crippen molar-refractivity contribution >= 4 is 16.1 Å². The molecule has 2 N–H and O–H groups in total. The van der Waals surface area contributed by atoms with Gasteiger partial charge in [-0.2, -0.15) is 4.31 Å². The van der Waals surface area contributed by atoms with Crippen LogP contribution in [0.25, 0.3) is 11.1 Å². The average Bonchev–Trinajstić information content (AvgIpc) is 2.80. The molecule has 0 unspecified atom stereocenters. The summed E-state index contributed by atoms with van der Waals surface area (Å²) in [6, 6.07) is 7.81. The Morgan fingerprint density at radius 3 is 2.53 bits per heavy atom. The zero-order valence-electron chi connectivity index (χ0n) is 20.3. The number of pyridine rings is 1. The van der Waals surface area contributed by atoms with Gasteiger partial charge in [0.15, 0.2) is 0 Å². The molecule has 9 nitrogen and oxygen atoms in total. The van der Waals surface area contributed by atoms with Gasteiger partial charge in [-0.1, -0.05) is 13.0 Å². The van der Waals surface area contributed by atoms with Gasteiger partial charge in [0, 0.05) is 44.0 Å². The van der Waals surface area contributed by atoms with Crippen LogP contribution in [0.1, 0.15) is 27.7 Å². The molecule has 0 bridgehead atoms. The third-order valence-corrected chi connectivity index (χ3v) is 7.91. The maximum absolute atomic E-state index is 13.6. The summed E-state index contributed by atoms with van der Waals surface area (Å²) in [5.74, 6) is -0.0329. The van der Waals surface area contributed by atoms with E-state index in [2.05, 4.69) is 10.3 Å². The number of urea groups is 1. The van der Waals surface area contributed by atoms with Crippen molar-refractivity contribution < 1.29 is 23.1 Å². The molecule has 34 heavy (non-hydrogen) atoms. The molecule has 3 atom stereocenters. The molecule has 0 spiro atoms. The minimum atomic E-state index is -3.93. The molecule has 186 valence electrons. The average molecular weight is 491 g/mol. The van der Waals surface area contributed by atoms with E-state index in [1.165, 1.54) is 4.31 Å². The quantitative estimate of drug-likeness (QED) is 0.644. The highest BCUT2D eigenvalue weighted by molar-refractivity contribution is 7.89. The van der Waals surface area contributed by atoms with E-state index in [-0.39, 0.29) is 48.3 Å². The molecular weight excluding hydrogens is 456 g/mol. The van der Waals surface area contributed by atoms with E-state index < -0.39 is 22.2 Å². The summed E-state index contributed by atoms with van der Waals surface area (Å²) in [6.07, 6.45) is 2.86. The Kier molecular flexibility index (Phi) is 8.17. The van der Waals surface area contributed by atoms with Crippen LogP contribution in [0.2, 0.25) is 0 Å². The van der Waals surface area contributed by atoms with Gasteiger partial charge < -0.3 is 20.1 Å². The number of nitrogens with zero attached hydrogens (tertiary/aromatic N) is 3. The van der Waals surface area contributed by atoms with Crippen LogP contribution in [0.15, 0.2) is 47.6 Å². The number of aliphatic hydroxyl groups is 1. The lowest BCUT2D eigenvalue weighted by Crippen LogP contribution is -2.51. The van der Waals surface area contributed by atoms with Gasteiger partial charge >= 0.3 is 6.03 Å². The minimum absolute atomic E-state index is 0.0136. The predicted octanol–water partition coefficient (Wildman–Crippen LogP) is 2.57. The zero-order valence-corrected chi connectivity index (χ0v) is 21.1. The van der Waals surface area contributed by atoms with E-state index in [1.807, 2.05) is 32.9 Å². The fraction of sp³-hybridized carbons (Fsp3) is 0.500. The molecule has 1 aromatic carbocycles. The van der Waals surface area contributed by atoms with Gasteiger partial charge in [0.1, 0.15) is 16.7 Å². The van der Waals surface area contributed by atoms with Crippen molar-refractivity contribution in [1.82, 2.24) is 19.5 Å². The van der Waals surface area contributed by atoms with E-state index >= 15 is 0 Å². The summed E-state index contributed by atoms with van der Waals surface area (Å²) in [5, 5.41) is 12.6. The Labute approximate surface area is 201 Å². The smallest absolute Gasteiger partial charge is 0.317 e. The third kappa shape index (κ3) is 5.68. The Balaban J connectivity index is 2.06. The van der Waals surface area contributed by atoms with Crippen LogP contribution in [0.3, 0.4) is 0 Å². The number of carbonyl (C=O) groups excluding carboxylic acids is 1. The molecule has 2 amide bonds. The second-order valence-corrected chi connectivity index (χ2v) is 11.0. The number of amides is 2. The summed E-state index contributed by atoms with van der Waals surface area (Å²) < 4.78 is 34.8. The summed E-state index contributed by atoms with van der Waals surface area (Å²) in [7, 11) is -2.24. The number of hydrogen-bond acceptors (Lipinski definition) is 6. The fourth-order valence-corrected chi connectivity index (χ4v) is 5.70. The molecule has 3 rings (SSSR count). The number of benzene rings is 1. The molecule has 1 aromatic heterocycles. The molecule has 2 aromatic rings. The Morgan fingerprint density at radius 1 is 1.24 bits per heavy atom. The number of fused-ring (bicyclic) bond motifs is 1. The van der Waals surface area contributed by atoms with E-state index in [0.29, 0.717) is 0 Å². The highest BCUT2D eigenvalue weighted by Crippen LogP contribution is 2.36. The molecule has 0 saturated carbocycles. The Hall–Kier alpha value is -2.69. The highest BCUT2D eigenvalue weighted by atomic mass is 32.2. The SMILES string of the molecule is CC(C)NC(=O)N(C)C[C@@H]1Oc2cc(-c3ccncc3)ccc2S(=O)(=O)N([C@@H](C)CO)C[C@@H]1C. The van der Waals surface area contributed by atoms with Crippen LogP contribution in [-0.2, 0) is 10.0 Å². The highest BCUT2D eigenvalue weighted by Gasteiger charge is 2.38. The van der Waals surface area contributed by atoms with Crippen LogP contribution < -0.4 is 10.1 Å². The number of aliphatic hydroxyl groups excluding tert-OH is 1. The number of rotatable bonds is 6. The molecule has 0 saturated heterocycles. The van der Waals surface area contributed by atoms with Crippen molar-refractivity contribution in [3.8, 4) is 16.9 Å². The fourth-order valence-electron chi connectivity index (χ4n) is 3.88. The van der Waals surface area contributed by atoms with Crippen LogP contribution in [0, 0.1) is 5.92 Å². The standard InChI is InChI=1S/C24H34N4O5S/c1-16(2)26-24(30)27(5)14-22-17(3)13-28(18(4)15-29)34(31,32)23-7-6-20(12-21(23)33-22)19-8-10-25-11-9-19/h6-12,16-18,22,29H,13-15H2,1-5H3,(H,26,30)/t17-,18-,22-/m0/s1. The van der Waals surface area contributed by atoms with Gasteiger partial charge in [-0.05, 0) is 56.2 Å². The summed E-state index contributed by atoms with van der Waals surface area (Å²) in [4.78, 5) is 18.1. The first kappa shape index (κ1) is 25.9. The van der Waals surface area contributed by atoms with E-state index in [0.717, 1.165) is 11.1 Å². The largest absolute Gasteiger partial charge is 0.487 e. The number of carbonyl (C=O) groups is 1. The number of likely N-dealkylation sites (N-methyl/N-ethyl adjacent to an activating group) is 1. The van der Waals surface area contributed by atoms with Gasteiger partial charge in [-0.25, -0.2) is 13.2 Å². The maximum atomic E-state index is 13.6. The first-order valence-electron chi connectivity index (χ1n) is 11.4. The molecule has 2 heterocycles. The number of ether oxygens (including phenoxy) is 1. The van der Waals surface area contributed by atoms with Crippen molar-refractivity contribution in [2.75, 3.05) is 26.7 Å². The first-order valence-corrected chi connectivity index (χ1v) is 12.8. The molecule has 10 heteroatoms. The second-order valence-electron chi connectivity index (χ2n) is 9.12. The van der Waals surface area contributed by atoms with Crippen LogP contribution >= 0.6 is 0 Å². The van der Waals surface area contributed by atoms with Crippen molar-refractivity contribution in [2.45, 2.75) is 50.8 Å². The Morgan fingerprint density at radius 2 is 1.91 bits per heavy atom. The maximum Gasteiger partial charge on any atom is 0.317 e. The van der Waals surface area contributed by atoms with Gasteiger partial charge in [-0.15, -0.1) is 0 Å². The molecule has 0 aliphatic carbocycles. The van der Waals surface area contributed by atoms with E-state index in [4.69, 9.17) is 4.74 Å². The lowest BCUT2D eigenvalue weighted by atomic mass is 10.0. The van der Waals surface area contributed by atoms with Crippen LogP contribution in [0.5, 0.6) is 5.75 Å². The molecular formula is C24H34N4O5S. The lowest BCUT2D eigenvalue weighted by Gasteiger charge is -2.37. The molecule has 0 fully saturated rings. The normalized spacial score (nSPS) is 21.0. The van der Waals surface area contributed by atoms with Crippen molar-refractivity contribution in [1.29, 1.82) is 0 Å². The van der Waals surface area contributed by atoms with Gasteiger partial charge in [0.05, 0.1) is 13.2 Å². The summed E-state index contributed by atoms with van der Waals surface area (Å²) >= 11 is 0. The van der Waals surface area contributed by atoms with Gasteiger partial charge in [0.2, 0.25) is 10.0 Å².